The van der Waals surface area contributed by atoms with E-state index >= 15 is 0 Å². The maximum Gasteiger partial charge on any atom is 0.416 e. The van der Waals surface area contributed by atoms with Gasteiger partial charge in [0, 0.05) is 10.6 Å². The Morgan fingerprint density at radius 3 is 2.24 bits per heavy atom. The molecule has 1 aromatic carbocycles. The molecule has 1 atom stereocenters. The smallest absolute Gasteiger partial charge is 0.416 e. The lowest BCUT2D eigenvalue weighted by Gasteiger charge is -2.18. The van der Waals surface area contributed by atoms with Crippen LogP contribution in [0.2, 0.25) is 5.02 Å². The molecule has 0 aliphatic carbocycles. The molecular weight excluding hydrogens is 311 g/mol. The van der Waals surface area contributed by atoms with Gasteiger partial charge < -0.3 is 10.4 Å². The minimum absolute atomic E-state index is 0.258. The van der Waals surface area contributed by atoms with Gasteiger partial charge in [-0.15, -0.1) is 0 Å². The molecule has 0 heterocycles. The second kappa shape index (κ2) is 6.34. The van der Waals surface area contributed by atoms with E-state index in [1.54, 1.807) is 13.8 Å². The second-order valence-electron chi connectivity index (χ2n) is 4.76. The normalized spacial score (nSPS) is 13.1. The van der Waals surface area contributed by atoms with Crippen LogP contribution in [0, 0.1) is 5.92 Å². The predicted molar refractivity (Wildman–Crippen MR) is 70.2 cm³/mol. The monoisotopic (exact) mass is 323 g/mol. The van der Waals surface area contributed by atoms with Gasteiger partial charge in [-0.2, -0.15) is 13.2 Å². The van der Waals surface area contributed by atoms with Gasteiger partial charge in [-0.25, -0.2) is 4.79 Å². The summed E-state index contributed by atoms with van der Waals surface area (Å²) < 4.78 is 37.9. The zero-order valence-corrected chi connectivity index (χ0v) is 11.9. The summed E-state index contributed by atoms with van der Waals surface area (Å²) in [6, 6.07) is 1.16. The fraction of sp³-hybridized carbons (Fsp3) is 0.385. The molecule has 0 aliphatic rings. The molecule has 1 aromatic rings. The highest BCUT2D eigenvalue weighted by molar-refractivity contribution is 6.31. The van der Waals surface area contributed by atoms with Gasteiger partial charge in [0.05, 0.1) is 5.56 Å². The Kier molecular flexibility index (Phi) is 5.22. The summed E-state index contributed by atoms with van der Waals surface area (Å²) in [6.07, 6.45) is -4.65. The Morgan fingerprint density at radius 2 is 1.81 bits per heavy atom. The van der Waals surface area contributed by atoms with Crippen molar-refractivity contribution >= 4 is 23.5 Å². The zero-order chi connectivity index (χ0) is 16.4. The summed E-state index contributed by atoms with van der Waals surface area (Å²) in [5, 5.41) is 10.9. The van der Waals surface area contributed by atoms with E-state index in [1.165, 1.54) is 0 Å². The van der Waals surface area contributed by atoms with Crippen molar-refractivity contribution in [2.45, 2.75) is 26.1 Å². The Morgan fingerprint density at radius 1 is 1.24 bits per heavy atom. The lowest BCUT2D eigenvalue weighted by molar-refractivity contribution is -0.140. The molecule has 8 heteroatoms. The Balaban J connectivity index is 3.08. The first kappa shape index (κ1) is 17.3. The molecule has 0 fully saturated rings. The van der Waals surface area contributed by atoms with E-state index < -0.39 is 35.6 Å². The molecule has 116 valence electrons. The number of carboxylic acids is 1. The molecule has 21 heavy (non-hydrogen) atoms. The summed E-state index contributed by atoms with van der Waals surface area (Å²) in [4.78, 5) is 22.9. The number of carbonyl (C=O) groups is 2. The summed E-state index contributed by atoms with van der Waals surface area (Å²) in [7, 11) is 0. The number of amides is 1. The van der Waals surface area contributed by atoms with Gasteiger partial charge in [0.2, 0.25) is 0 Å². The van der Waals surface area contributed by atoms with Crippen molar-refractivity contribution in [2.24, 2.45) is 5.92 Å². The van der Waals surface area contributed by atoms with Crippen LogP contribution in [0.1, 0.15) is 29.8 Å². The molecular formula is C13H13ClF3NO3. The van der Waals surface area contributed by atoms with Crippen molar-refractivity contribution in [1.82, 2.24) is 5.32 Å². The Hall–Kier alpha value is -1.76. The summed E-state index contributed by atoms with van der Waals surface area (Å²) in [5.41, 5.74) is -1.42. The summed E-state index contributed by atoms with van der Waals surface area (Å²) in [5.74, 6) is -2.62. The number of hydrogen-bond donors (Lipinski definition) is 2. The number of carbonyl (C=O) groups excluding carboxylic acids is 1. The number of aliphatic carboxylic acids is 1. The van der Waals surface area contributed by atoms with E-state index in [1.807, 2.05) is 0 Å². The van der Waals surface area contributed by atoms with Crippen LogP contribution in [0.4, 0.5) is 13.2 Å². The van der Waals surface area contributed by atoms with Crippen LogP contribution >= 0.6 is 11.6 Å². The predicted octanol–water partition coefficient (Wildman–Crippen LogP) is 3.20. The van der Waals surface area contributed by atoms with E-state index in [-0.39, 0.29) is 10.6 Å². The molecule has 0 bridgehead atoms. The van der Waals surface area contributed by atoms with Crippen LogP contribution < -0.4 is 5.32 Å². The maximum absolute atomic E-state index is 12.6. The van der Waals surface area contributed by atoms with Gasteiger partial charge >= 0.3 is 12.1 Å². The second-order valence-corrected chi connectivity index (χ2v) is 5.20. The maximum atomic E-state index is 12.6. The van der Waals surface area contributed by atoms with Crippen LogP contribution in [-0.4, -0.2) is 23.0 Å². The van der Waals surface area contributed by atoms with Crippen molar-refractivity contribution in [3.8, 4) is 0 Å². The lowest BCUT2D eigenvalue weighted by atomic mass is 10.0. The largest absolute Gasteiger partial charge is 0.480 e. The Bertz CT molecular complexity index is 558. The SMILES string of the molecule is CC(C)[C@@H](NC(=O)c1cc(Cl)cc(C(F)(F)F)c1)C(=O)O. The third-order valence-electron chi connectivity index (χ3n) is 2.71. The highest BCUT2D eigenvalue weighted by Gasteiger charge is 2.32. The first-order valence-electron chi connectivity index (χ1n) is 5.94. The highest BCUT2D eigenvalue weighted by Crippen LogP contribution is 2.31. The van der Waals surface area contributed by atoms with E-state index in [0.717, 1.165) is 6.07 Å². The fourth-order valence-corrected chi connectivity index (χ4v) is 1.86. The van der Waals surface area contributed by atoms with Crippen molar-refractivity contribution in [3.63, 3.8) is 0 Å². The van der Waals surface area contributed by atoms with Gasteiger partial charge in [0.25, 0.3) is 5.91 Å². The quantitative estimate of drug-likeness (QED) is 0.894. The Labute approximate surface area is 123 Å². The molecule has 4 nitrogen and oxygen atoms in total. The molecule has 0 unspecified atom stereocenters. The standard InChI is InChI=1S/C13H13ClF3NO3/c1-6(2)10(12(20)21)18-11(19)7-3-8(13(15,16)17)5-9(14)4-7/h3-6,10H,1-2H3,(H,18,19)(H,20,21)/t10-/m1/s1. The van der Waals surface area contributed by atoms with Gasteiger partial charge in [0.1, 0.15) is 6.04 Å². The molecule has 0 radical (unpaired) electrons. The molecule has 0 saturated heterocycles. The van der Waals surface area contributed by atoms with Gasteiger partial charge in [-0.05, 0) is 24.1 Å². The zero-order valence-electron chi connectivity index (χ0n) is 11.2. The molecule has 0 aromatic heterocycles. The van der Waals surface area contributed by atoms with Gasteiger partial charge in [0.15, 0.2) is 0 Å². The molecule has 0 saturated carbocycles. The van der Waals surface area contributed by atoms with Crippen LogP contribution in [0.5, 0.6) is 0 Å². The number of rotatable bonds is 4. The molecule has 1 amide bonds. The van der Waals surface area contributed by atoms with Crippen LogP contribution in [-0.2, 0) is 11.0 Å². The third-order valence-corrected chi connectivity index (χ3v) is 2.92. The molecule has 0 spiro atoms. The highest BCUT2D eigenvalue weighted by atomic mass is 35.5. The van der Waals surface area contributed by atoms with E-state index in [9.17, 15) is 22.8 Å². The average molecular weight is 324 g/mol. The lowest BCUT2D eigenvalue weighted by Crippen LogP contribution is -2.44. The first-order valence-corrected chi connectivity index (χ1v) is 6.31. The van der Waals surface area contributed by atoms with E-state index in [2.05, 4.69) is 5.32 Å². The fourth-order valence-electron chi connectivity index (χ4n) is 1.62. The van der Waals surface area contributed by atoms with E-state index in [4.69, 9.17) is 16.7 Å². The van der Waals surface area contributed by atoms with Crippen LogP contribution in [0.25, 0.3) is 0 Å². The number of carboxylic acid groups (broad SMARTS) is 1. The van der Waals surface area contributed by atoms with E-state index in [0.29, 0.717) is 12.1 Å². The van der Waals surface area contributed by atoms with Crippen molar-refractivity contribution in [3.05, 3.63) is 34.3 Å². The first-order chi connectivity index (χ1) is 9.52. The number of hydrogen-bond acceptors (Lipinski definition) is 2. The van der Waals surface area contributed by atoms with Crippen molar-refractivity contribution in [2.75, 3.05) is 0 Å². The number of halogens is 4. The topological polar surface area (TPSA) is 66.4 Å². The molecule has 2 N–H and O–H groups in total. The van der Waals surface area contributed by atoms with Crippen molar-refractivity contribution in [1.29, 1.82) is 0 Å². The number of alkyl halides is 3. The third kappa shape index (κ3) is 4.63. The molecule has 1 rings (SSSR count). The average Bonchev–Trinajstić information content (AvgIpc) is 2.32. The van der Waals surface area contributed by atoms with Gasteiger partial charge in [-0.3, -0.25) is 4.79 Å². The van der Waals surface area contributed by atoms with Gasteiger partial charge in [-0.1, -0.05) is 25.4 Å². The summed E-state index contributed by atoms with van der Waals surface area (Å²) >= 11 is 5.57. The molecule has 0 aliphatic heterocycles. The minimum atomic E-state index is -4.65. The minimum Gasteiger partial charge on any atom is -0.480 e. The van der Waals surface area contributed by atoms with Crippen LogP contribution in [0.3, 0.4) is 0 Å². The van der Waals surface area contributed by atoms with Crippen molar-refractivity contribution < 1.29 is 27.9 Å². The van der Waals surface area contributed by atoms with Crippen LogP contribution in [0.15, 0.2) is 18.2 Å². The number of nitrogens with one attached hydrogen (secondary N) is 1. The number of benzene rings is 1. The summed E-state index contributed by atoms with van der Waals surface area (Å²) in [6.45, 7) is 3.14.